The molecule has 2 aromatic rings. The second kappa shape index (κ2) is 6.29. The first-order valence-electron chi connectivity index (χ1n) is 6.42. The lowest BCUT2D eigenvalue weighted by Crippen LogP contribution is -2.23. The minimum Gasteiger partial charge on any atom is -0.389 e. The molecule has 0 bridgehead atoms. The maximum atomic E-state index is 9.76. The van der Waals surface area contributed by atoms with Crippen LogP contribution in [0.4, 0.5) is 5.82 Å². The molecule has 1 atom stereocenters. The molecule has 0 aromatic carbocycles. The van der Waals surface area contributed by atoms with Crippen molar-refractivity contribution < 1.29 is 5.11 Å². The quantitative estimate of drug-likeness (QED) is 0.892. The van der Waals surface area contributed by atoms with Crippen molar-refractivity contribution in [2.75, 3.05) is 18.5 Å². The van der Waals surface area contributed by atoms with Crippen LogP contribution < -0.4 is 4.90 Å². The van der Waals surface area contributed by atoms with Crippen molar-refractivity contribution >= 4 is 5.82 Å². The Morgan fingerprint density at radius 1 is 1.16 bits per heavy atom. The van der Waals surface area contributed by atoms with Crippen molar-refractivity contribution in [1.82, 2.24) is 9.97 Å². The van der Waals surface area contributed by atoms with Gasteiger partial charge in [0.25, 0.3) is 0 Å². The molecule has 4 nitrogen and oxygen atoms in total. The van der Waals surface area contributed by atoms with Crippen LogP contribution in [-0.2, 0) is 6.42 Å². The van der Waals surface area contributed by atoms with Gasteiger partial charge >= 0.3 is 0 Å². The number of aliphatic hydroxyl groups excluding tert-OH is 1. The minimum absolute atomic E-state index is 0.513. The smallest absolute Gasteiger partial charge is 0.134 e. The monoisotopic (exact) mass is 257 g/mol. The molecule has 0 radical (unpaired) electrons. The summed E-state index contributed by atoms with van der Waals surface area (Å²) in [6, 6.07) is 9.67. The summed E-state index contributed by atoms with van der Waals surface area (Å²) in [5, 5.41) is 9.76. The summed E-state index contributed by atoms with van der Waals surface area (Å²) >= 11 is 0. The first-order valence-corrected chi connectivity index (χ1v) is 6.42. The fourth-order valence-electron chi connectivity index (χ4n) is 1.99. The van der Waals surface area contributed by atoms with E-state index in [4.69, 9.17) is 0 Å². The van der Waals surface area contributed by atoms with Crippen LogP contribution in [0.1, 0.15) is 24.3 Å². The molecule has 0 aliphatic heterocycles. The lowest BCUT2D eigenvalue weighted by Gasteiger charge is -2.22. The number of aliphatic hydroxyl groups is 1. The van der Waals surface area contributed by atoms with Crippen LogP contribution in [0.3, 0.4) is 0 Å². The average molecular weight is 257 g/mol. The fourth-order valence-corrected chi connectivity index (χ4v) is 1.99. The summed E-state index contributed by atoms with van der Waals surface area (Å²) in [6.07, 6.45) is 3.89. The highest BCUT2D eigenvalue weighted by Crippen LogP contribution is 2.22. The highest BCUT2D eigenvalue weighted by atomic mass is 16.3. The van der Waals surface area contributed by atoms with Crippen molar-refractivity contribution in [3.63, 3.8) is 0 Å². The normalized spacial score (nSPS) is 12.2. The highest BCUT2D eigenvalue weighted by Gasteiger charge is 2.12. The number of pyridine rings is 2. The van der Waals surface area contributed by atoms with Crippen molar-refractivity contribution in [1.29, 1.82) is 0 Å². The fraction of sp³-hybridized carbons (Fsp3) is 0.333. The number of likely N-dealkylation sites (N-methyl/N-ethyl adjacent to an activating group) is 1. The average Bonchev–Trinajstić information content (AvgIpc) is 2.46. The number of anilines is 1. The molecule has 0 aliphatic rings. The molecule has 0 saturated heterocycles. The van der Waals surface area contributed by atoms with E-state index in [-0.39, 0.29) is 0 Å². The molecule has 4 heteroatoms. The number of hydrogen-bond donors (Lipinski definition) is 1. The zero-order valence-electron chi connectivity index (χ0n) is 11.3. The SMILES string of the molecule is CC(O)c1cccnc1N(C)CCc1ccccn1. The van der Waals surface area contributed by atoms with Crippen LogP contribution >= 0.6 is 0 Å². The second-order valence-corrected chi connectivity index (χ2v) is 4.58. The molecule has 2 aromatic heterocycles. The van der Waals surface area contributed by atoms with Crippen LogP contribution in [0.25, 0.3) is 0 Å². The largest absolute Gasteiger partial charge is 0.389 e. The van der Waals surface area contributed by atoms with E-state index in [0.29, 0.717) is 0 Å². The van der Waals surface area contributed by atoms with E-state index in [9.17, 15) is 5.11 Å². The summed E-state index contributed by atoms with van der Waals surface area (Å²) in [5.74, 6) is 0.827. The van der Waals surface area contributed by atoms with Gasteiger partial charge in [0.2, 0.25) is 0 Å². The summed E-state index contributed by atoms with van der Waals surface area (Å²) < 4.78 is 0. The Morgan fingerprint density at radius 2 is 1.95 bits per heavy atom. The summed E-state index contributed by atoms with van der Waals surface area (Å²) in [7, 11) is 1.98. The van der Waals surface area contributed by atoms with E-state index in [0.717, 1.165) is 30.0 Å². The second-order valence-electron chi connectivity index (χ2n) is 4.58. The molecule has 2 rings (SSSR count). The van der Waals surface area contributed by atoms with Crippen LogP contribution in [-0.4, -0.2) is 28.7 Å². The molecule has 0 spiro atoms. The Morgan fingerprint density at radius 3 is 2.63 bits per heavy atom. The van der Waals surface area contributed by atoms with Gasteiger partial charge in [-0.25, -0.2) is 4.98 Å². The first kappa shape index (κ1) is 13.5. The number of hydrogen-bond acceptors (Lipinski definition) is 4. The zero-order chi connectivity index (χ0) is 13.7. The molecule has 100 valence electrons. The van der Waals surface area contributed by atoms with Crippen molar-refractivity contribution in [2.45, 2.75) is 19.4 Å². The van der Waals surface area contributed by atoms with Crippen LogP contribution in [0.2, 0.25) is 0 Å². The van der Waals surface area contributed by atoms with Gasteiger partial charge in [-0.15, -0.1) is 0 Å². The highest BCUT2D eigenvalue weighted by molar-refractivity contribution is 5.47. The molecule has 0 aliphatic carbocycles. The van der Waals surface area contributed by atoms with E-state index in [2.05, 4.69) is 14.9 Å². The lowest BCUT2D eigenvalue weighted by molar-refractivity contribution is 0.199. The Hall–Kier alpha value is -1.94. The predicted octanol–water partition coefficient (Wildman–Crippen LogP) is 2.21. The predicted molar refractivity (Wildman–Crippen MR) is 76.1 cm³/mol. The number of rotatable bonds is 5. The van der Waals surface area contributed by atoms with E-state index in [1.807, 2.05) is 37.4 Å². The van der Waals surface area contributed by atoms with Crippen LogP contribution in [0.15, 0.2) is 42.7 Å². The summed E-state index contributed by atoms with van der Waals surface area (Å²) in [4.78, 5) is 10.7. The molecule has 1 unspecified atom stereocenters. The van der Waals surface area contributed by atoms with Crippen molar-refractivity contribution in [2.24, 2.45) is 0 Å². The topological polar surface area (TPSA) is 49.3 Å². The van der Waals surface area contributed by atoms with Gasteiger partial charge in [0.1, 0.15) is 5.82 Å². The Bertz CT molecular complexity index is 514. The van der Waals surface area contributed by atoms with Gasteiger partial charge in [0, 0.05) is 43.7 Å². The van der Waals surface area contributed by atoms with Gasteiger partial charge in [0.15, 0.2) is 0 Å². The van der Waals surface area contributed by atoms with Crippen LogP contribution in [0.5, 0.6) is 0 Å². The third kappa shape index (κ3) is 3.51. The Labute approximate surface area is 113 Å². The molecule has 19 heavy (non-hydrogen) atoms. The Balaban J connectivity index is 2.06. The number of aromatic nitrogens is 2. The molecular formula is C15H19N3O. The van der Waals surface area contributed by atoms with E-state index in [1.54, 1.807) is 19.3 Å². The molecule has 0 fully saturated rings. The molecule has 0 saturated carbocycles. The van der Waals surface area contributed by atoms with Gasteiger partial charge < -0.3 is 10.0 Å². The summed E-state index contributed by atoms with van der Waals surface area (Å²) in [5.41, 5.74) is 1.91. The molecular weight excluding hydrogens is 238 g/mol. The number of nitrogens with zero attached hydrogens (tertiary/aromatic N) is 3. The minimum atomic E-state index is -0.513. The van der Waals surface area contributed by atoms with Gasteiger partial charge in [-0.2, -0.15) is 0 Å². The standard InChI is InChI=1S/C15H19N3O/c1-12(19)14-7-5-10-17-15(14)18(2)11-8-13-6-3-4-9-16-13/h3-7,9-10,12,19H,8,11H2,1-2H3. The van der Waals surface area contributed by atoms with Gasteiger partial charge in [-0.3, -0.25) is 4.98 Å². The zero-order valence-corrected chi connectivity index (χ0v) is 11.3. The third-order valence-corrected chi connectivity index (χ3v) is 3.06. The maximum Gasteiger partial charge on any atom is 0.134 e. The third-order valence-electron chi connectivity index (χ3n) is 3.06. The van der Waals surface area contributed by atoms with E-state index < -0.39 is 6.10 Å². The van der Waals surface area contributed by atoms with Crippen LogP contribution in [0, 0.1) is 0 Å². The maximum absolute atomic E-state index is 9.76. The molecule has 1 N–H and O–H groups in total. The molecule has 2 heterocycles. The van der Waals surface area contributed by atoms with E-state index in [1.165, 1.54) is 0 Å². The van der Waals surface area contributed by atoms with Gasteiger partial charge in [0.05, 0.1) is 6.10 Å². The van der Waals surface area contributed by atoms with E-state index >= 15 is 0 Å². The van der Waals surface area contributed by atoms with Gasteiger partial charge in [-0.1, -0.05) is 12.1 Å². The Kier molecular flexibility index (Phi) is 4.47. The van der Waals surface area contributed by atoms with Crippen molar-refractivity contribution in [3.8, 4) is 0 Å². The first-order chi connectivity index (χ1) is 9.18. The lowest BCUT2D eigenvalue weighted by atomic mass is 10.1. The summed E-state index contributed by atoms with van der Waals surface area (Å²) in [6.45, 7) is 2.57. The molecule has 0 amide bonds. The van der Waals surface area contributed by atoms with Gasteiger partial charge in [-0.05, 0) is 25.1 Å². The van der Waals surface area contributed by atoms with Crippen molar-refractivity contribution in [3.05, 3.63) is 54.0 Å².